The average molecular weight is 596 g/mol. The molecule has 1 aliphatic carbocycles. The number of thioether (sulfide) groups is 1. The third-order valence-corrected chi connectivity index (χ3v) is 9.81. The molecule has 0 radical (unpaired) electrons. The first-order valence-electron chi connectivity index (χ1n) is 14.7. The Bertz CT molecular complexity index is 1310. The van der Waals surface area contributed by atoms with E-state index in [0.29, 0.717) is 11.3 Å². The third-order valence-electron chi connectivity index (χ3n) is 8.23. The van der Waals surface area contributed by atoms with Crippen molar-refractivity contribution in [2.75, 3.05) is 19.6 Å². The summed E-state index contributed by atoms with van der Waals surface area (Å²) in [5.74, 6) is -3.83. The van der Waals surface area contributed by atoms with E-state index in [-0.39, 0.29) is 0 Å². The SMILES string of the molecule is CC1(C)SC2C(NC(=O)C(C(=O)Oc3ccc4c(c3)CCC4)c3ccccc3)C(=O)N2C1C(=O)O.CCN(CC)CC. The summed E-state index contributed by atoms with van der Waals surface area (Å²) in [5.41, 5.74) is 2.83. The molecule has 9 nitrogen and oxygen atoms in total. The molecule has 0 spiro atoms. The van der Waals surface area contributed by atoms with Crippen LogP contribution in [0.4, 0.5) is 0 Å². The Labute approximate surface area is 252 Å². The standard InChI is InChI=1S/C26H26N2O6S.C6H15N/c1-26(2)20(24(31)32)28-22(30)19(23(28)35-26)27-21(29)18(15-7-4-3-5-8-15)25(33)34-17-12-11-14-9-6-10-16(14)13-17;1-4-7(5-2)6-3/h3-5,7-8,11-13,18-20,23H,6,9-10H2,1-2H3,(H,27,29)(H,31,32);4-6H2,1-3H3. The first kappa shape index (κ1) is 31.6. The Kier molecular flexibility index (Phi) is 9.99. The van der Waals surface area contributed by atoms with E-state index in [1.807, 2.05) is 12.1 Å². The maximum atomic E-state index is 13.4. The normalized spacial score (nSPS) is 22.3. The number of nitrogens with zero attached hydrogens (tertiary/aromatic N) is 2. The fourth-order valence-corrected chi connectivity index (χ4v) is 7.50. The number of amides is 2. The van der Waals surface area contributed by atoms with Crippen LogP contribution in [0.1, 0.15) is 63.6 Å². The monoisotopic (exact) mass is 595 g/mol. The minimum atomic E-state index is -1.28. The van der Waals surface area contributed by atoms with Crippen LogP contribution in [-0.2, 0) is 32.0 Å². The first-order chi connectivity index (χ1) is 20.0. The predicted molar refractivity (Wildman–Crippen MR) is 162 cm³/mol. The number of aryl methyl sites for hydroxylation is 2. The zero-order valence-electron chi connectivity index (χ0n) is 25.0. The number of carbonyl (C=O) groups excluding carboxylic acids is 3. The van der Waals surface area contributed by atoms with Gasteiger partial charge in [0, 0.05) is 4.75 Å². The van der Waals surface area contributed by atoms with Crippen molar-refractivity contribution < 1.29 is 29.0 Å². The van der Waals surface area contributed by atoms with Gasteiger partial charge in [0.1, 0.15) is 23.2 Å². The lowest BCUT2D eigenvalue weighted by atomic mass is 9.94. The number of rotatable bonds is 9. The average Bonchev–Trinajstić information content (AvgIpc) is 3.53. The molecule has 4 unspecified atom stereocenters. The van der Waals surface area contributed by atoms with E-state index < -0.39 is 51.9 Å². The van der Waals surface area contributed by atoms with Gasteiger partial charge in [-0.1, -0.05) is 57.2 Å². The van der Waals surface area contributed by atoms with Gasteiger partial charge in [0.15, 0.2) is 5.92 Å². The van der Waals surface area contributed by atoms with E-state index in [0.717, 1.165) is 24.8 Å². The number of carboxylic acid groups (broad SMARTS) is 1. The van der Waals surface area contributed by atoms with Gasteiger partial charge in [0.2, 0.25) is 11.8 Å². The summed E-state index contributed by atoms with van der Waals surface area (Å²) < 4.78 is 4.92. The van der Waals surface area contributed by atoms with Crippen LogP contribution >= 0.6 is 11.8 Å². The van der Waals surface area contributed by atoms with Gasteiger partial charge in [-0.05, 0) is 81.6 Å². The fraction of sp³-hybridized carbons (Fsp3) is 0.500. The molecule has 2 heterocycles. The summed E-state index contributed by atoms with van der Waals surface area (Å²) in [6.45, 7) is 13.7. The highest BCUT2D eigenvalue weighted by Gasteiger charge is 2.64. The van der Waals surface area contributed by atoms with Crippen molar-refractivity contribution in [2.45, 2.75) is 82.0 Å². The summed E-state index contributed by atoms with van der Waals surface area (Å²) >= 11 is 1.33. The Balaban J connectivity index is 0.000000517. The molecule has 0 saturated carbocycles. The quantitative estimate of drug-likeness (QED) is 0.194. The van der Waals surface area contributed by atoms with E-state index in [4.69, 9.17) is 4.74 Å². The van der Waals surface area contributed by atoms with Crippen LogP contribution in [0, 0.1) is 0 Å². The number of ether oxygens (including phenoxy) is 1. The molecule has 226 valence electrons. The zero-order chi connectivity index (χ0) is 30.6. The van der Waals surface area contributed by atoms with E-state index in [1.54, 1.807) is 50.2 Å². The molecule has 42 heavy (non-hydrogen) atoms. The van der Waals surface area contributed by atoms with E-state index >= 15 is 0 Å². The van der Waals surface area contributed by atoms with Crippen LogP contribution in [0.15, 0.2) is 48.5 Å². The maximum absolute atomic E-state index is 13.4. The van der Waals surface area contributed by atoms with Crippen molar-refractivity contribution in [2.24, 2.45) is 0 Å². The van der Waals surface area contributed by atoms with Crippen molar-refractivity contribution >= 4 is 35.5 Å². The highest BCUT2D eigenvalue weighted by atomic mass is 32.2. The molecule has 0 aromatic heterocycles. The second-order valence-electron chi connectivity index (χ2n) is 11.3. The smallest absolute Gasteiger partial charge is 0.328 e. The van der Waals surface area contributed by atoms with Gasteiger partial charge in [-0.3, -0.25) is 14.4 Å². The molecular weight excluding hydrogens is 554 g/mol. The van der Waals surface area contributed by atoms with Crippen molar-refractivity contribution in [3.05, 3.63) is 65.2 Å². The van der Waals surface area contributed by atoms with Crippen molar-refractivity contribution in [1.82, 2.24) is 15.1 Å². The number of benzene rings is 2. The number of carbonyl (C=O) groups is 4. The van der Waals surface area contributed by atoms with E-state index in [1.165, 1.54) is 41.9 Å². The van der Waals surface area contributed by atoms with E-state index in [9.17, 15) is 24.3 Å². The molecule has 2 fully saturated rings. The van der Waals surface area contributed by atoms with Gasteiger partial charge in [-0.15, -0.1) is 11.8 Å². The number of fused-ring (bicyclic) bond motifs is 2. The second kappa shape index (κ2) is 13.3. The number of esters is 1. The summed E-state index contributed by atoms with van der Waals surface area (Å²) in [6.07, 6.45) is 2.99. The molecule has 2 aliphatic heterocycles. The van der Waals surface area contributed by atoms with Gasteiger partial charge in [0.25, 0.3) is 0 Å². The van der Waals surface area contributed by atoms with Gasteiger partial charge in [-0.2, -0.15) is 0 Å². The van der Waals surface area contributed by atoms with Crippen molar-refractivity contribution in [3.8, 4) is 5.75 Å². The molecule has 3 aliphatic rings. The van der Waals surface area contributed by atoms with Gasteiger partial charge in [0.05, 0.1) is 0 Å². The van der Waals surface area contributed by atoms with Crippen LogP contribution in [0.25, 0.3) is 0 Å². The van der Waals surface area contributed by atoms with Crippen LogP contribution in [0.5, 0.6) is 5.75 Å². The Morgan fingerprint density at radius 1 is 1.05 bits per heavy atom. The van der Waals surface area contributed by atoms with Crippen molar-refractivity contribution in [3.63, 3.8) is 0 Å². The first-order valence-corrected chi connectivity index (χ1v) is 15.5. The number of carboxylic acids is 1. The number of hydrogen-bond acceptors (Lipinski definition) is 7. The second-order valence-corrected chi connectivity index (χ2v) is 13.0. The predicted octanol–water partition coefficient (Wildman–Crippen LogP) is 3.84. The highest BCUT2D eigenvalue weighted by molar-refractivity contribution is 8.01. The Hall–Kier alpha value is -3.37. The van der Waals surface area contributed by atoms with Crippen molar-refractivity contribution in [1.29, 1.82) is 0 Å². The van der Waals surface area contributed by atoms with Gasteiger partial charge < -0.3 is 25.0 Å². The van der Waals surface area contributed by atoms with Gasteiger partial charge in [-0.25, -0.2) is 4.79 Å². The summed E-state index contributed by atoms with van der Waals surface area (Å²) in [6, 6.07) is 12.2. The largest absolute Gasteiger partial charge is 0.480 e. The lowest BCUT2D eigenvalue weighted by Crippen LogP contribution is -2.71. The minimum Gasteiger partial charge on any atom is -0.480 e. The van der Waals surface area contributed by atoms with E-state index in [2.05, 4.69) is 31.0 Å². The summed E-state index contributed by atoms with van der Waals surface area (Å²) in [5, 5.41) is 11.8. The number of β-lactam (4-membered cyclic amide) rings is 1. The molecule has 10 heteroatoms. The number of hydrogen-bond donors (Lipinski definition) is 2. The Morgan fingerprint density at radius 3 is 2.29 bits per heavy atom. The van der Waals surface area contributed by atoms with Crippen LogP contribution < -0.4 is 10.1 Å². The lowest BCUT2D eigenvalue weighted by molar-refractivity contribution is -0.161. The maximum Gasteiger partial charge on any atom is 0.328 e. The topological polar surface area (TPSA) is 116 Å². The van der Waals surface area contributed by atoms with Crippen LogP contribution in [0.2, 0.25) is 0 Å². The fourth-order valence-electron chi connectivity index (χ4n) is 5.88. The molecule has 2 saturated heterocycles. The lowest BCUT2D eigenvalue weighted by Gasteiger charge is -2.43. The van der Waals surface area contributed by atoms with Crippen LogP contribution in [0.3, 0.4) is 0 Å². The zero-order valence-corrected chi connectivity index (χ0v) is 25.8. The summed E-state index contributed by atoms with van der Waals surface area (Å²) in [7, 11) is 0. The Morgan fingerprint density at radius 2 is 1.69 bits per heavy atom. The third kappa shape index (κ3) is 6.49. The van der Waals surface area contributed by atoms with Crippen LogP contribution in [-0.4, -0.2) is 80.5 Å². The molecule has 4 atom stereocenters. The molecule has 2 aromatic carbocycles. The highest BCUT2D eigenvalue weighted by Crippen LogP contribution is 2.50. The number of aliphatic carboxylic acids is 1. The molecule has 2 N–H and O–H groups in total. The summed E-state index contributed by atoms with van der Waals surface area (Å²) in [4.78, 5) is 54.9. The van der Waals surface area contributed by atoms with Gasteiger partial charge >= 0.3 is 11.9 Å². The minimum absolute atomic E-state index is 0.382. The number of nitrogens with one attached hydrogen (secondary N) is 1. The molecule has 5 rings (SSSR count). The molecule has 2 amide bonds. The molecule has 0 bridgehead atoms. The molecular formula is C32H41N3O6S. The molecule has 2 aromatic rings.